The van der Waals surface area contributed by atoms with E-state index in [4.69, 9.17) is 15.2 Å². The number of nitrogens with zero attached hydrogens (tertiary/aromatic N) is 1. The molecule has 1 aliphatic rings. The molecule has 0 bridgehead atoms. The zero-order chi connectivity index (χ0) is 13.8. The van der Waals surface area contributed by atoms with E-state index in [1.54, 1.807) is 0 Å². The Morgan fingerprint density at radius 1 is 1.32 bits per heavy atom. The van der Waals surface area contributed by atoms with Gasteiger partial charge in [0.05, 0.1) is 0 Å². The van der Waals surface area contributed by atoms with Crippen LogP contribution in [0.1, 0.15) is 18.1 Å². The van der Waals surface area contributed by atoms with Gasteiger partial charge in [0.1, 0.15) is 0 Å². The Hall–Kier alpha value is -1.26. The molecule has 4 heteroatoms. The molecule has 0 radical (unpaired) electrons. The number of fused-ring (bicyclic) bond motifs is 1. The molecule has 1 unspecified atom stereocenters. The van der Waals surface area contributed by atoms with Crippen LogP contribution in [0.3, 0.4) is 0 Å². The van der Waals surface area contributed by atoms with Crippen molar-refractivity contribution in [3.8, 4) is 11.5 Å². The Morgan fingerprint density at radius 2 is 2.00 bits per heavy atom. The number of benzene rings is 1. The van der Waals surface area contributed by atoms with Gasteiger partial charge in [0.15, 0.2) is 11.5 Å². The quantitative estimate of drug-likeness (QED) is 0.851. The van der Waals surface area contributed by atoms with Gasteiger partial charge < -0.3 is 20.1 Å². The van der Waals surface area contributed by atoms with Crippen LogP contribution in [0.4, 0.5) is 0 Å². The van der Waals surface area contributed by atoms with Crippen LogP contribution in [-0.2, 0) is 6.42 Å². The van der Waals surface area contributed by atoms with Crippen LogP contribution >= 0.6 is 0 Å². The van der Waals surface area contributed by atoms with Crippen LogP contribution in [0.25, 0.3) is 0 Å². The summed E-state index contributed by atoms with van der Waals surface area (Å²) < 4.78 is 10.8. The van der Waals surface area contributed by atoms with Crippen molar-refractivity contribution in [1.82, 2.24) is 4.90 Å². The first kappa shape index (κ1) is 14.2. The van der Waals surface area contributed by atoms with Gasteiger partial charge >= 0.3 is 0 Å². The van der Waals surface area contributed by atoms with Gasteiger partial charge in [-0.2, -0.15) is 0 Å². The molecule has 0 amide bonds. The molecule has 106 valence electrons. The smallest absolute Gasteiger partial charge is 0.231 e. The normalized spacial score (nSPS) is 15.0. The summed E-state index contributed by atoms with van der Waals surface area (Å²) in [4.78, 5) is 2.33. The summed E-state index contributed by atoms with van der Waals surface area (Å²) in [6.45, 7) is 7.46. The highest BCUT2D eigenvalue weighted by Crippen LogP contribution is 2.34. The van der Waals surface area contributed by atoms with Gasteiger partial charge in [0.25, 0.3) is 0 Å². The van der Waals surface area contributed by atoms with Gasteiger partial charge in [0.2, 0.25) is 6.79 Å². The molecule has 0 aromatic heterocycles. The zero-order valence-electron chi connectivity index (χ0n) is 12.1. The Kier molecular flexibility index (Phi) is 4.66. The molecule has 0 spiro atoms. The minimum absolute atomic E-state index is 0.339. The molecule has 1 aromatic rings. The molecular weight excluding hydrogens is 240 g/mol. The number of nitrogens with two attached hydrogens (primary N) is 1. The predicted molar refractivity (Wildman–Crippen MR) is 76.7 cm³/mol. The molecule has 1 heterocycles. The Labute approximate surface area is 115 Å². The van der Waals surface area contributed by atoms with Crippen LogP contribution in [0.15, 0.2) is 12.1 Å². The van der Waals surface area contributed by atoms with Crippen molar-refractivity contribution in [2.75, 3.05) is 33.5 Å². The van der Waals surface area contributed by atoms with Crippen molar-refractivity contribution in [3.63, 3.8) is 0 Å². The monoisotopic (exact) mass is 264 g/mol. The molecule has 1 atom stereocenters. The fraction of sp³-hybridized carbons (Fsp3) is 0.600. The summed E-state index contributed by atoms with van der Waals surface area (Å²) >= 11 is 0. The average Bonchev–Trinajstić information content (AvgIpc) is 2.82. The molecule has 0 saturated carbocycles. The van der Waals surface area contributed by atoms with Crippen LogP contribution in [0.2, 0.25) is 0 Å². The summed E-state index contributed by atoms with van der Waals surface area (Å²) in [6, 6.07) is 4.18. The van der Waals surface area contributed by atoms with Gasteiger partial charge in [0, 0.05) is 13.1 Å². The summed E-state index contributed by atoms with van der Waals surface area (Å²) in [6.07, 6.45) is 1.02. The molecule has 4 nitrogen and oxygen atoms in total. The van der Waals surface area contributed by atoms with E-state index in [-0.39, 0.29) is 0 Å². The van der Waals surface area contributed by atoms with Crippen molar-refractivity contribution in [2.24, 2.45) is 11.7 Å². The third-order valence-electron chi connectivity index (χ3n) is 3.62. The lowest BCUT2D eigenvalue weighted by molar-refractivity contribution is 0.174. The minimum Gasteiger partial charge on any atom is -0.454 e. The predicted octanol–water partition coefficient (Wildman–Crippen LogP) is 1.79. The first-order chi connectivity index (χ1) is 9.10. The highest BCUT2D eigenvalue weighted by molar-refractivity contribution is 5.48. The highest BCUT2D eigenvalue weighted by Gasteiger charge is 2.15. The van der Waals surface area contributed by atoms with Gasteiger partial charge in [-0.3, -0.25) is 0 Å². The third kappa shape index (κ3) is 3.61. The fourth-order valence-electron chi connectivity index (χ4n) is 2.36. The average molecular weight is 264 g/mol. The summed E-state index contributed by atoms with van der Waals surface area (Å²) in [5, 5.41) is 0. The van der Waals surface area contributed by atoms with Gasteiger partial charge in [-0.15, -0.1) is 0 Å². The van der Waals surface area contributed by atoms with Gasteiger partial charge in [-0.05, 0) is 56.1 Å². The molecule has 1 aromatic carbocycles. The number of likely N-dealkylation sites (N-methyl/N-ethyl adjacent to an activating group) is 1. The SMILES string of the molecule is Cc1cc2c(cc1CCN(C)CC(C)CN)OCO2. The minimum atomic E-state index is 0.339. The summed E-state index contributed by atoms with van der Waals surface area (Å²) in [5.74, 6) is 2.28. The van der Waals surface area contributed by atoms with Crippen LogP contribution < -0.4 is 15.2 Å². The summed E-state index contributed by atoms with van der Waals surface area (Å²) in [5.41, 5.74) is 8.25. The first-order valence-electron chi connectivity index (χ1n) is 6.88. The Balaban J connectivity index is 1.92. The van der Waals surface area contributed by atoms with Crippen molar-refractivity contribution >= 4 is 0 Å². The molecule has 2 rings (SSSR count). The van der Waals surface area contributed by atoms with E-state index in [0.29, 0.717) is 12.7 Å². The Bertz CT molecular complexity index is 434. The lowest BCUT2D eigenvalue weighted by atomic mass is 10.0. The van der Waals surface area contributed by atoms with Crippen molar-refractivity contribution in [1.29, 1.82) is 0 Å². The standard InChI is InChI=1S/C15H24N2O2/c1-11(8-16)9-17(3)5-4-13-7-15-14(6-12(13)2)18-10-19-15/h6-7,11H,4-5,8-10,16H2,1-3H3. The maximum Gasteiger partial charge on any atom is 0.231 e. The zero-order valence-corrected chi connectivity index (χ0v) is 12.1. The number of hydrogen-bond donors (Lipinski definition) is 1. The van der Waals surface area contributed by atoms with E-state index >= 15 is 0 Å². The molecule has 19 heavy (non-hydrogen) atoms. The maximum absolute atomic E-state index is 5.66. The van der Waals surface area contributed by atoms with E-state index in [1.165, 1.54) is 11.1 Å². The molecule has 0 aliphatic carbocycles. The first-order valence-corrected chi connectivity index (χ1v) is 6.88. The van der Waals surface area contributed by atoms with E-state index in [9.17, 15) is 0 Å². The third-order valence-corrected chi connectivity index (χ3v) is 3.62. The molecule has 0 saturated heterocycles. The number of hydrogen-bond acceptors (Lipinski definition) is 4. The van der Waals surface area contributed by atoms with Crippen molar-refractivity contribution in [2.45, 2.75) is 20.3 Å². The largest absolute Gasteiger partial charge is 0.454 e. The topological polar surface area (TPSA) is 47.7 Å². The van der Waals surface area contributed by atoms with E-state index in [1.807, 2.05) is 0 Å². The second kappa shape index (κ2) is 6.26. The number of rotatable bonds is 6. The van der Waals surface area contributed by atoms with Crippen LogP contribution in [0, 0.1) is 12.8 Å². The van der Waals surface area contributed by atoms with Gasteiger partial charge in [-0.1, -0.05) is 6.92 Å². The molecular formula is C15H24N2O2. The van der Waals surface area contributed by atoms with E-state index < -0.39 is 0 Å². The van der Waals surface area contributed by atoms with Crippen LogP contribution in [-0.4, -0.2) is 38.4 Å². The second-order valence-corrected chi connectivity index (χ2v) is 5.49. The van der Waals surface area contributed by atoms with Gasteiger partial charge in [-0.25, -0.2) is 0 Å². The van der Waals surface area contributed by atoms with Crippen LogP contribution in [0.5, 0.6) is 11.5 Å². The number of ether oxygens (including phenoxy) is 2. The molecule has 1 aliphatic heterocycles. The van der Waals surface area contributed by atoms with E-state index in [0.717, 1.165) is 37.6 Å². The lowest BCUT2D eigenvalue weighted by Crippen LogP contribution is -2.30. The highest BCUT2D eigenvalue weighted by atomic mass is 16.7. The maximum atomic E-state index is 5.66. The Morgan fingerprint density at radius 3 is 2.68 bits per heavy atom. The van der Waals surface area contributed by atoms with Crippen molar-refractivity contribution < 1.29 is 9.47 Å². The lowest BCUT2D eigenvalue weighted by Gasteiger charge is -2.20. The van der Waals surface area contributed by atoms with E-state index in [2.05, 4.69) is 37.9 Å². The molecule has 2 N–H and O–H groups in total. The van der Waals surface area contributed by atoms with Crippen molar-refractivity contribution in [3.05, 3.63) is 23.3 Å². The molecule has 0 fully saturated rings. The fourth-order valence-corrected chi connectivity index (χ4v) is 2.36. The summed E-state index contributed by atoms with van der Waals surface area (Å²) in [7, 11) is 2.15. The number of aryl methyl sites for hydroxylation is 1. The second-order valence-electron chi connectivity index (χ2n) is 5.49.